The van der Waals surface area contributed by atoms with Crippen LogP contribution in [0, 0.1) is 0 Å². The summed E-state index contributed by atoms with van der Waals surface area (Å²) in [6, 6.07) is 0. The number of quaternary nitrogens is 2. The second kappa shape index (κ2) is 15.9. The number of hydrogen-bond acceptors (Lipinski definition) is 0. The Balaban J connectivity index is -0.000000116. The van der Waals surface area contributed by atoms with Crippen molar-refractivity contribution in [3.8, 4) is 0 Å². The standard InChI is InChI=1S/2C8H20N.2ClH/c2*1-5-9(6-2,7-3)8-4;;/h2*5-8H2,1-4H3;2*1H/q2*+1;;/p-2. The molecule has 0 heterocycles. The SMILES string of the molecule is CC[N+](CC)(CC)CC.CC[N+](CC)(CC)CC.[Cl-].[Cl-]. The van der Waals surface area contributed by atoms with Crippen molar-refractivity contribution in [3.63, 3.8) is 0 Å². The smallest absolute Gasteiger partial charge is 0.0757 e. The molecular formula is C16H40Cl2N2. The Morgan fingerprint density at radius 3 is 0.450 bits per heavy atom. The maximum Gasteiger partial charge on any atom is 0.0757 e. The highest BCUT2D eigenvalue weighted by Crippen LogP contribution is 2.03. The molecule has 0 saturated carbocycles. The maximum atomic E-state index is 2.27. The number of nitrogens with zero attached hydrogens (tertiary/aromatic N) is 2. The van der Waals surface area contributed by atoms with E-state index >= 15 is 0 Å². The lowest BCUT2D eigenvalue weighted by atomic mass is 10.3. The highest BCUT2D eigenvalue weighted by Gasteiger charge is 2.16. The van der Waals surface area contributed by atoms with Crippen molar-refractivity contribution in [2.45, 2.75) is 55.4 Å². The normalized spacial score (nSPS) is 10.8. The Hall–Kier alpha value is 0.500. The van der Waals surface area contributed by atoms with Crippen LogP contribution in [0.25, 0.3) is 0 Å². The van der Waals surface area contributed by atoms with Gasteiger partial charge in [-0.2, -0.15) is 0 Å². The fourth-order valence-electron chi connectivity index (χ4n) is 2.68. The molecule has 0 aliphatic heterocycles. The summed E-state index contributed by atoms with van der Waals surface area (Å²) < 4.78 is 2.56. The van der Waals surface area contributed by atoms with E-state index in [-0.39, 0.29) is 24.8 Å². The van der Waals surface area contributed by atoms with Crippen LogP contribution in [-0.2, 0) is 0 Å². The molecule has 0 N–H and O–H groups in total. The molecule has 4 heteroatoms. The van der Waals surface area contributed by atoms with Gasteiger partial charge in [0, 0.05) is 0 Å². The quantitative estimate of drug-likeness (QED) is 0.442. The minimum Gasteiger partial charge on any atom is -1.00 e. The zero-order chi connectivity index (χ0) is 14.7. The molecule has 0 aliphatic rings. The second-order valence-electron chi connectivity index (χ2n) is 5.21. The van der Waals surface area contributed by atoms with E-state index in [0.29, 0.717) is 0 Å². The molecule has 0 aromatic rings. The van der Waals surface area contributed by atoms with Crippen molar-refractivity contribution in [3.05, 3.63) is 0 Å². The third kappa shape index (κ3) is 9.44. The maximum absolute atomic E-state index is 2.27. The van der Waals surface area contributed by atoms with E-state index in [1.54, 1.807) is 0 Å². The molecular weight excluding hydrogens is 291 g/mol. The van der Waals surface area contributed by atoms with Crippen LogP contribution in [0.5, 0.6) is 0 Å². The Labute approximate surface area is 141 Å². The number of halogens is 2. The van der Waals surface area contributed by atoms with Gasteiger partial charge >= 0.3 is 0 Å². The van der Waals surface area contributed by atoms with Crippen LogP contribution in [0.4, 0.5) is 0 Å². The summed E-state index contributed by atoms with van der Waals surface area (Å²) in [7, 11) is 0. The first kappa shape index (κ1) is 28.6. The van der Waals surface area contributed by atoms with Gasteiger partial charge in [0.05, 0.1) is 52.4 Å². The van der Waals surface area contributed by atoms with E-state index in [0.717, 1.165) is 0 Å². The third-order valence-electron chi connectivity index (χ3n) is 5.37. The zero-order valence-corrected chi connectivity index (χ0v) is 16.8. The van der Waals surface area contributed by atoms with E-state index in [9.17, 15) is 0 Å². The first-order valence-corrected chi connectivity index (χ1v) is 8.19. The van der Waals surface area contributed by atoms with Crippen molar-refractivity contribution in [1.29, 1.82) is 0 Å². The van der Waals surface area contributed by atoms with Gasteiger partial charge in [0.1, 0.15) is 0 Å². The largest absolute Gasteiger partial charge is 1.00 e. The number of hydrogen-bond donors (Lipinski definition) is 0. The minimum absolute atomic E-state index is 0. The van der Waals surface area contributed by atoms with Gasteiger partial charge in [0.2, 0.25) is 0 Å². The van der Waals surface area contributed by atoms with Gasteiger partial charge in [-0.05, 0) is 55.4 Å². The molecule has 0 fully saturated rings. The first-order chi connectivity index (χ1) is 8.49. The fraction of sp³-hybridized carbons (Fsp3) is 1.00. The summed E-state index contributed by atoms with van der Waals surface area (Å²) in [6.07, 6.45) is 0. The van der Waals surface area contributed by atoms with Gasteiger partial charge in [0.25, 0.3) is 0 Å². The summed E-state index contributed by atoms with van der Waals surface area (Å²) in [6.45, 7) is 28.4. The molecule has 128 valence electrons. The Bertz CT molecular complexity index is 124. The molecule has 2 nitrogen and oxygen atoms in total. The molecule has 0 radical (unpaired) electrons. The second-order valence-corrected chi connectivity index (χ2v) is 5.21. The van der Waals surface area contributed by atoms with Gasteiger partial charge in [-0.15, -0.1) is 0 Å². The fourth-order valence-corrected chi connectivity index (χ4v) is 2.68. The topological polar surface area (TPSA) is 0 Å². The summed E-state index contributed by atoms with van der Waals surface area (Å²) >= 11 is 0. The molecule has 0 aromatic carbocycles. The molecule has 0 unspecified atom stereocenters. The highest BCUT2D eigenvalue weighted by atomic mass is 35.5. The molecule has 0 amide bonds. The lowest BCUT2D eigenvalue weighted by Gasteiger charge is -2.34. The minimum atomic E-state index is 0. The lowest BCUT2D eigenvalue weighted by molar-refractivity contribution is -0.921. The highest BCUT2D eigenvalue weighted by molar-refractivity contribution is 4.31. The lowest BCUT2D eigenvalue weighted by Crippen LogP contribution is -3.00. The van der Waals surface area contributed by atoms with Crippen LogP contribution < -0.4 is 24.8 Å². The average Bonchev–Trinajstić information content (AvgIpc) is 2.46. The molecule has 0 saturated heterocycles. The molecule has 0 rings (SSSR count). The van der Waals surface area contributed by atoms with Gasteiger partial charge < -0.3 is 33.8 Å². The molecule has 0 aromatic heterocycles. The Morgan fingerprint density at radius 1 is 0.350 bits per heavy atom. The van der Waals surface area contributed by atoms with Crippen LogP contribution in [0.1, 0.15) is 55.4 Å². The van der Waals surface area contributed by atoms with Crippen molar-refractivity contribution in [2.24, 2.45) is 0 Å². The number of rotatable bonds is 8. The predicted octanol–water partition coefficient (Wildman–Crippen LogP) is -2.23. The summed E-state index contributed by atoms with van der Waals surface area (Å²) in [4.78, 5) is 0. The van der Waals surface area contributed by atoms with Crippen LogP contribution >= 0.6 is 0 Å². The van der Waals surface area contributed by atoms with Crippen LogP contribution in [-0.4, -0.2) is 61.3 Å². The zero-order valence-electron chi connectivity index (χ0n) is 15.3. The van der Waals surface area contributed by atoms with Crippen LogP contribution in [0.2, 0.25) is 0 Å². The van der Waals surface area contributed by atoms with Crippen molar-refractivity contribution in [1.82, 2.24) is 0 Å². The summed E-state index contributed by atoms with van der Waals surface area (Å²) in [5.74, 6) is 0. The van der Waals surface area contributed by atoms with Crippen molar-refractivity contribution in [2.75, 3.05) is 52.4 Å². The molecule has 0 bridgehead atoms. The van der Waals surface area contributed by atoms with Gasteiger partial charge in [-0.25, -0.2) is 0 Å². The van der Waals surface area contributed by atoms with Crippen LogP contribution in [0.15, 0.2) is 0 Å². The average molecular weight is 331 g/mol. The van der Waals surface area contributed by atoms with E-state index < -0.39 is 0 Å². The van der Waals surface area contributed by atoms with E-state index in [1.165, 1.54) is 61.3 Å². The van der Waals surface area contributed by atoms with Crippen molar-refractivity contribution < 1.29 is 33.8 Å². The van der Waals surface area contributed by atoms with E-state index in [1.807, 2.05) is 0 Å². The third-order valence-corrected chi connectivity index (χ3v) is 5.37. The van der Waals surface area contributed by atoms with Gasteiger partial charge in [0.15, 0.2) is 0 Å². The van der Waals surface area contributed by atoms with Gasteiger partial charge in [-0.3, -0.25) is 0 Å². The molecule has 0 atom stereocenters. The Morgan fingerprint density at radius 2 is 0.450 bits per heavy atom. The molecule has 20 heavy (non-hydrogen) atoms. The summed E-state index contributed by atoms with van der Waals surface area (Å²) in [5, 5.41) is 0. The van der Waals surface area contributed by atoms with Crippen molar-refractivity contribution >= 4 is 0 Å². The monoisotopic (exact) mass is 330 g/mol. The van der Waals surface area contributed by atoms with Gasteiger partial charge in [-0.1, -0.05) is 0 Å². The van der Waals surface area contributed by atoms with E-state index in [2.05, 4.69) is 55.4 Å². The van der Waals surface area contributed by atoms with E-state index in [4.69, 9.17) is 0 Å². The Kier molecular flexibility index (Phi) is 22.7. The first-order valence-electron chi connectivity index (χ1n) is 8.19. The molecule has 0 spiro atoms. The predicted molar refractivity (Wildman–Crippen MR) is 84.8 cm³/mol. The molecule has 0 aliphatic carbocycles. The van der Waals surface area contributed by atoms with Crippen LogP contribution in [0.3, 0.4) is 0 Å². The summed E-state index contributed by atoms with van der Waals surface area (Å²) in [5.41, 5.74) is 0.